The number of hydrogen-bond acceptors (Lipinski definition) is 4. The van der Waals surface area contributed by atoms with Crippen LogP contribution in [0.2, 0.25) is 0 Å². The van der Waals surface area contributed by atoms with E-state index in [0.717, 1.165) is 65.4 Å². The minimum absolute atomic E-state index is 0.849. The van der Waals surface area contributed by atoms with Crippen LogP contribution in [0.1, 0.15) is 0 Å². The first-order valence-electron chi connectivity index (χ1n) is 13.4. The summed E-state index contributed by atoms with van der Waals surface area (Å²) in [6.07, 6.45) is 0. The highest BCUT2D eigenvalue weighted by Crippen LogP contribution is 2.46. The predicted octanol–water partition coefficient (Wildman–Crippen LogP) is 12.1. The summed E-state index contributed by atoms with van der Waals surface area (Å²) in [5.41, 5.74) is 6.54. The summed E-state index contributed by atoms with van der Waals surface area (Å²) in [4.78, 5) is 2.31. The summed E-state index contributed by atoms with van der Waals surface area (Å²) in [5, 5.41) is 6.88. The highest BCUT2D eigenvalue weighted by molar-refractivity contribution is 9.10. The molecule has 41 heavy (non-hydrogen) atoms. The molecule has 0 spiro atoms. The molecule has 0 saturated carbocycles. The van der Waals surface area contributed by atoms with Crippen LogP contribution >= 0.6 is 27.3 Å². The minimum Gasteiger partial charge on any atom is -0.456 e. The number of halogens is 1. The topological polar surface area (TPSA) is 29.5 Å². The Morgan fingerprint density at radius 1 is 0.488 bits per heavy atom. The molecule has 3 nitrogen and oxygen atoms in total. The van der Waals surface area contributed by atoms with Crippen molar-refractivity contribution in [3.05, 3.63) is 126 Å². The van der Waals surface area contributed by atoms with Crippen LogP contribution in [0.3, 0.4) is 0 Å². The molecule has 0 atom stereocenters. The van der Waals surface area contributed by atoms with E-state index in [1.54, 1.807) is 0 Å². The monoisotopic (exact) mass is 609 g/mol. The molecular formula is C36H20BrNO2S. The standard InChI is InChI=1S/C36H20BrNO2S/c37-21-17-29-25-8-2-5-11-32(25)40-36(29)30(18-21)38(22-13-15-33-27(19-22)24-7-1-4-10-31(24)39-33)23-14-16-35-28(20-23)26-9-3-6-12-34(26)41-35/h1-20H. The van der Waals surface area contributed by atoms with E-state index < -0.39 is 0 Å². The fraction of sp³-hybridized carbons (Fsp3) is 0. The highest BCUT2D eigenvalue weighted by Gasteiger charge is 2.22. The molecule has 0 bridgehead atoms. The van der Waals surface area contributed by atoms with Gasteiger partial charge in [-0.2, -0.15) is 0 Å². The number of thiophene rings is 1. The van der Waals surface area contributed by atoms with Gasteiger partial charge in [-0.1, -0.05) is 70.5 Å². The van der Waals surface area contributed by atoms with E-state index in [4.69, 9.17) is 8.83 Å². The Kier molecular flexibility index (Phi) is 4.92. The van der Waals surface area contributed by atoms with Crippen molar-refractivity contribution in [2.24, 2.45) is 0 Å². The molecule has 0 amide bonds. The van der Waals surface area contributed by atoms with Crippen LogP contribution < -0.4 is 4.90 Å². The Bertz CT molecular complexity index is 2350. The van der Waals surface area contributed by atoms with Crippen molar-refractivity contribution in [2.45, 2.75) is 0 Å². The van der Waals surface area contributed by atoms with E-state index in [0.29, 0.717) is 0 Å². The number of anilines is 3. The van der Waals surface area contributed by atoms with E-state index in [1.807, 2.05) is 35.6 Å². The normalized spacial score (nSPS) is 12.0. The molecule has 0 aliphatic carbocycles. The molecule has 0 saturated heterocycles. The summed E-state index contributed by atoms with van der Waals surface area (Å²) < 4.78 is 16.3. The summed E-state index contributed by atoms with van der Waals surface area (Å²) >= 11 is 5.65. The van der Waals surface area contributed by atoms with Crippen molar-refractivity contribution >= 4 is 108 Å². The molecule has 9 rings (SSSR count). The second-order valence-corrected chi connectivity index (χ2v) is 12.3. The summed E-state index contributed by atoms with van der Waals surface area (Å²) in [7, 11) is 0. The van der Waals surface area contributed by atoms with Crippen LogP contribution in [0, 0.1) is 0 Å². The zero-order valence-electron chi connectivity index (χ0n) is 21.6. The lowest BCUT2D eigenvalue weighted by atomic mass is 10.1. The molecule has 5 heteroatoms. The van der Waals surface area contributed by atoms with Crippen LogP contribution in [0.4, 0.5) is 17.1 Å². The molecule has 0 aliphatic rings. The van der Waals surface area contributed by atoms with Gasteiger partial charge in [-0.3, -0.25) is 0 Å². The molecule has 0 unspecified atom stereocenters. The second-order valence-electron chi connectivity index (χ2n) is 10.3. The smallest absolute Gasteiger partial charge is 0.159 e. The van der Waals surface area contributed by atoms with Gasteiger partial charge in [0.25, 0.3) is 0 Å². The molecule has 194 valence electrons. The number of hydrogen-bond donors (Lipinski definition) is 0. The zero-order chi connectivity index (χ0) is 27.1. The van der Waals surface area contributed by atoms with Gasteiger partial charge in [0, 0.05) is 57.6 Å². The maximum atomic E-state index is 6.57. The number of fused-ring (bicyclic) bond motifs is 9. The van der Waals surface area contributed by atoms with Crippen LogP contribution in [0.5, 0.6) is 0 Å². The molecule has 6 aromatic carbocycles. The van der Waals surface area contributed by atoms with Crippen molar-refractivity contribution < 1.29 is 8.83 Å². The van der Waals surface area contributed by atoms with Crippen molar-refractivity contribution in [3.63, 3.8) is 0 Å². The number of para-hydroxylation sites is 2. The van der Waals surface area contributed by atoms with Gasteiger partial charge >= 0.3 is 0 Å². The molecule has 0 fully saturated rings. The van der Waals surface area contributed by atoms with Crippen LogP contribution in [0.15, 0.2) is 135 Å². The highest BCUT2D eigenvalue weighted by atomic mass is 79.9. The third kappa shape index (κ3) is 3.49. The molecular weight excluding hydrogens is 590 g/mol. The van der Waals surface area contributed by atoms with Gasteiger partial charge in [0.2, 0.25) is 0 Å². The predicted molar refractivity (Wildman–Crippen MR) is 176 cm³/mol. The van der Waals surface area contributed by atoms with Gasteiger partial charge in [0.05, 0.1) is 5.69 Å². The second kappa shape index (κ2) is 8.71. The number of benzene rings is 6. The number of furan rings is 2. The zero-order valence-corrected chi connectivity index (χ0v) is 24.0. The molecule has 3 aromatic heterocycles. The van der Waals surface area contributed by atoms with E-state index in [9.17, 15) is 0 Å². The SMILES string of the molecule is Brc1cc(N(c2ccc3oc4ccccc4c3c2)c2ccc3sc4ccccc4c3c2)c2oc3ccccc3c2c1. The van der Waals surface area contributed by atoms with Gasteiger partial charge in [-0.25, -0.2) is 0 Å². The quantitative estimate of drug-likeness (QED) is 0.199. The van der Waals surface area contributed by atoms with Crippen LogP contribution in [-0.2, 0) is 0 Å². The molecule has 0 aliphatic heterocycles. The Morgan fingerprint density at radius 3 is 1.93 bits per heavy atom. The van der Waals surface area contributed by atoms with Crippen LogP contribution in [-0.4, -0.2) is 0 Å². The van der Waals surface area contributed by atoms with Crippen molar-refractivity contribution in [2.75, 3.05) is 4.90 Å². The average Bonchev–Trinajstić information content (AvgIpc) is 3.68. The molecule has 3 heterocycles. The van der Waals surface area contributed by atoms with Crippen molar-refractivity contribution in [3.8, 4) is 0 Å². The minimum atomic E-state index is 0.849. The third-order valence-corrected chi connectivity index (χ3v) is 9.51. The van der Waals surface area contributed by atoms with E-state index >= 15 is 0 Å². The van der Waals surface area contributed by atoms with Crippen molar-refractivity contribution in [1.29, 1.82) is 0 Å². The Labute approximate surface area is 246 Å². The fourth-order valence-corrected chi connectivity index (χ4v) is 7.61. The van der Waals surface area contributed by atoms with Gasteiger partial charge < -0.3 is 13.7 Å². The first kappa shape index (κ1) is 23.2. The van der Waals surface area contributed by atoms with Gasteiger partial charge in [0.15, 0.2) is 5.58 Å². The van der Waals surface area contributed by atoms with Gasteiger partial charge in [0.1, 0.15) is 16.7 Å². The van der Waals surface area contributed by atoms with Gasteiger partial charge in [-0.05, 0) is 66.7 Å². The average molecular weight is 611 g/mol. The van der Waals surface area contributed by atoms with E-state index in [-0.39, 0.29) is 0 Å². The largest absolute Gasteiger partial charge is 0.456 e. The lowest BCUT2D eigenvalue weighted by Crippen LogP contribution is -2.10. The summed E-state index contributed by atoms with van der Waals surface area (Å²) in [6, 6.07) is 42.6. The number of rotatable bonds is 3. The Hall–Kier alpha value is -4.58. The summed E-state index contributed by atoms with van der Waals surface area (Å²) in [6.45, 7) is 0. The first-order valence-corrected chi connectivity index (χ1v) is 15.1. The molecule has 9 aromatic rings. The maximum absolute atomic E-state index is 6.57. The van der Waals surface area contributed by atoms with E-state index in [2.05, 4.69) is 118 Å². The van der Waals surface area contributed by atoms with Crippen LogP contribution in [0.25, 0.3) is 64.0 Å². The van der Waals surface area contributed by atoms with E-state index in [1.165, 1.54) is 20.2 Å². The third-order valence-electron chi connectivity index (χ3n) is 7.90. The Morgan fingerprint density at radius 2 is 1.10 bits per heavy atom. The molecule has 0 N–H and O–H groups in total. The number of nitrogens with zero attached hydrogens (tertiary/aromatic N) is 1. The Balaban J connectivity index is 1.37. The maximum Gasteiger partial charge on any atom is 0.159 e. The first-order chi connectivity index (χ1) is 20.2. The molecule has 0 radical (unpaired) electrons. The fourth-order valence-electron chi connectivity index (χ4n) is 6.07. The lowest BCUT2D eigenvalue weighted by molar-refractivity contribution is 0.669. The van der Waals surface area contributed by atoms with Crippen molar-refractivity contribution in [1.82, 2.24) is 0 Å². The van der Waals surface area contributed by atoms with Gasteiger partial charge in [-0.15, -0.1) is 11.3 Å². The lowest BCUT2D eigenvalue weighted by Gasteiger charge is -2.26. The summed E-state index contributed by atoms with van der Waals surface area (Å²) in [5.74, 6) is 0.